The maximum absolute atomic E-state index is 12.6. The van der Waals surface area contributed by atoms with Crippen LogP contribution in [0.15, 0.2) is 47.6 Å². The first-order valence-corrected chi connectivity index (χ1v) is 11.6. The standard InChI is InChI=1S/C27H29ClN2O3/c1-26(2,3)21-9-5-19(6-10-21)7-12-25(31)30-15-13-27(14-16-30)18-23(29-33-27)20-8-11-22(28)24(17-20)32-4/h5-6,8-11,17H,13-16,18H2,1-4H3. The number of halogens is 1. The van der Waals surface area contributed by atoms with Crippen LogP contribution in [0.5, 0.6) is 5.75 Å². The molecule has 0 radical (unpaired) electrons. The van der Waals surface area contributed by atoms with Gasteiger partial charge in [0.15, 0.2) is 0 Å². The van der Waals surface area contributed by atoms with E-state index in [-0.39, 0.29) is 16.9 Å². The lowest BCUT2D eigenvalue weighted by Crippen LogP contribution is -2.46. The molecule has 0 N–H and O–H groups in total. The Morgan fingerprint density at radius 2 is 1.85 bits per heavy atom. The molecule has 172 valence electrons. The largest absolute Gasteiger partial charge is 0.495 e. The lowest BCUT2D eigenvalue weighted by molar-refractivity contribution is -0.130. The Labute approximate surface area is 200 Å². The first-order chi connectivity index (χ1) is 15.7. The van der Waals surface area contributed by atoms with Crippen molar-refractivity contribution in [3.05, 3.63) is 64.2 Å². The molecular weight excluding hydrogens is 436 g/mol. The van der Waals surface area contributed by atoms with Crippen molar-refractivity contribution in [2.24, 2.45) is 5.16 Å². The van der Waals surface area contributed by atoms with Gasteiger partial charge in [0.25, 0.3) is 5.91 Å². The van der Waals surface area contributed by atoms with Crippen molar-refractivity contribution in [2.45, 2.75) is 51.0 Å². The summed E-state index contributed by atoms with van der Waals surface area (Å²) in [6.07, 6.45) is 2.14. The van der Waals surface area contributed by atoms with Gasteiger partial charge in [0.05, 0.1) is 17.8 Å². The third kappa shape index (κ3) is 5.17. The molecule has 0 aromatic heterocycles. The zero-order chi connectivity index (χ0) is 23.6. The zero-order valence-electron chi connectivity index (χ0n) is 19.6. The van der Waals surface area contributed by atoms with E-state index in [0.717, 1.165) is 29.7 Å². The topological polar surface area (TPSA) is 51.1 Å². The average molecular weight is 465 g/mol. The Morgan fingerprint density at radius 1 is 1.15 bits per heavy atom. The van der Waals surface area contributed by atoms with Crippen LogP contribution in [0, 0.1) is 11.8 Å². The Morgan fingerprint density at radius 3 is 2.48 bits per heavy atom. The van der Waals surface area contributed by atoms with E-state index in [9.17, 15) is 4.79 Å². The Bertz CT molecular complexity index is 1130. The number of rotatable bonds is 2. The molecule has 5 nitrogen and oxygen atoms in total. The third-order valence-electron chi connectivity index (χ3n) is 6.35. The van der Waals surface area contributed by atoms with Crippen molar-refractivity contribution >= 4 is 23.2 Å². The minimum atomic E-state index is -0.366. The highest BCUT2D eigenvalue weighted by Crippen LogP contribution is 2.37. The highest BCUT2D eigenvalue weighted by atomic mass is 35.5. The Balaban J connectivity index is 1.34. The van der Waals surface area contributed by atoms with Gasteiger partial charge in [-0.2, -0.15) is 0 Å². The number of methoxy groups -OCH3 is 1. The molecule has 0 aliphatic carbocycles. The fourth-order valence-corrected chi connectivity index (χ4v) is 4.35. The maximum Gasteiger partial charge on any atom is 0.298 e. The summed E-state index contributed by atoms with van der Waals surface area (Å²) in [4.78, 5) is 20.3. The van der Waals surface area contributed by atoms with Gasteiger partial charge in [0.2, 0.25) is 0 Å². The summed E-state index contributed by atoms with van der Waals surface area (Å²) in [6, 6.07) is 13.7. The lowest BCUT2D eigenvalue weighted by atomic mass is 9.85. The number of carbonyl (C=O) groups excluding carboxylic acids is 1. The molecule has 2 aliphatic rings. The summed E-state index contributed by atoms with van der Waals surface area (Å²) in [5.74, 6) is 6.28. The number of likely N-dealkylation sites (tertiary alicyclic amines) is 1. The van der Waals surface area contributed by atoms with E-state index in [1.165, 1.54) is 5.56 Å². The van der Waals surface area contributed by atoms with E-state index >= 15 is 0 Å². The summed E-state index contributed by atoms with van der Waals surface area (Å²) < 4.78 is 5.31. The fourth-order valence-electron chi connectivity index (χ4n) is 4.16. The van der Waals surface area contributed by atoms with Gasteiger partial charge in [-0.3, -0.25) is 4.79 Å². The minimum absolute atomic E-state index is 0.0943. The predicted octanol–water partition coefficient (Wildman–Crippen LogP) is 5.18. The van der Waals surface area contributed by atoms with Crippen molar-refractivity contribution in [1.29, 1.82) is 0 Å². The van der Waals surface area contributed by atoms with E-state index in [1.54, 1.807) is 18.1 Å². The number of nitrogens with zero attached hydrogens (tertiary/aromatic N) is 2. The number of hydrogen-bond acceptors (Lipinski definition) is 4. The van der Waals surface area contributed by atoms with Crippen molar-refractivity contribution < 1.29 is 14.4 Å². The van der Waals surface area contributed by atoms with Crippen LogP contribution in [0.3, 0.4) is 0 Å². The van der Waals surface area contributed by atoms with Crippen LogP contribution in [0.1, 0.15) is 56.7 Å². The fraction of sp³-hybridized carbons (Fsp3) is 0.407. The molecule has 1 amide bonds. The molecule has 2 heterocycles. The number of benzene rings is 2. The van der Waals surface area contributed by atoms with Gasteiger partial charge in [0.1, 0.15) is 11.4 Å². The van der Waals surface area contributed by atoms with Gasteiger partial charge in [-0.1, -0.05) is 61.6 Å². The van der Waals surface area contributed by atoms with E-state index in [4.69, 9.17) is 21.2 Å². The number of hydrogen-bond donors (Lipinski definition) is 0. The molecule has 1 spiro atoms. The van der Waals surface area contributed by atoms with Gasteiger partial charge >= 0.3 is 0 Å². The molecule has 33 heavy (non-hydrogen) atoms. The molecule has 2 aromatic rings. The molecule has 2 aromatic carbocycles. The summed E-state index contributed by atoms with van der Waals surface area (Å²) in [7, 11) is 1.59. The number of piperidine rings is 1. The minimum Gasteiger partial charge on any atom is -0.495 e. The van der Waals surface area contributed by atoms with Crippen molar-refractivity contribution in [3.8, 4) is 17.6 Å². The second kappa shape index (κ2) is 9.11. The van der Waals surface area contributed by atoms with Gasteiger partial charge in [0, 0.05) is 49.4 Å². The Hall–Kier alpha value is -2.97. The van der Waals surface area contributed by atoms with Gasteiger partial charge in [-0.25, -0.2) is 0 Å². The number of amides is 1. The zero-order valence-corrected chi connectivity index (χ0v) is 20.3. The van der Waals surface area contributed by atoms with Crippen molar-refractivity contribution in [2.75, 3.05) is 20.2 Å². The summed E-state index contributed by atoms with van der Waals surface area (Å²) >= 11 is 6.14. The van der Waals surface area contributed by atoms with Crippen LogP contribution >= 0.6 is 11.6 Å². The first kappa shape index (κ1) is 23.2. The molecule has 4 rings (SSSR count). The molecule has 1 fully saturated rings. The number of oxime groups is 1. The second-order valence-corrected chi connectivity index (χ2v) is 10.1. The lowest BCUT2D eigenvalue weighted by Gasteiger charge is -2.36. The highest BCUT2D eigenvalue weighted by molar-refractivity contribution is 6.32. The number of ether oxygens (including phenoxy) is 1. The third-order valence-corrected chi connectivity index (χ3v) is 6.66. The average Bonchev–Trinajstić information content (AvgIpc) is 3.21. The van der Waals surface area contributed by atoms with Crippen LogP contribution in [-0.2, 0) is 15.0 Å². The molecule has 2 aliphatic heterocycles. The molecule has 0 unspecified atom stereocenters. The van der Waals surface area contributed by atoms with Crippen LogP contribution in [0.4, 0.5) is 0 Å². The molecule has 0 bridgehead atoms. The van der Waals surface area contributed by atoms with E-state index in [2.05, 4.69) is 49.9 Å². The highest BCUT2D eigenvalue weighted by Gasteiger charge is 2.43. The summed E-state index contributed by atoms with van der Waals surface area (Å²) in [5.41, 5.74) is 3.64. The van der Waals surface area contributed by atoms with Crippen molar-refractivity contribution in [3.63, 3.8) is 0 Å². The molecule has 6 heteroatoms. The van der Waals surface area contributed by atoms with Gasteiger partial charge in [-0.05, 0) is 35.2 Å². The van der Waals surface area contributed by atoms with Crippen LogP contribution in [0.2, 0.25) is 5.02 Å². The monoisotopic (exact) mass is 464 g/mol. The number of carbonyl (C=O) groups is 1. The molecular formula is C27H29ClN2O3. The van der Waals surface area contributed by atoms with E-state index < -0.39 is 0 Å². The molecule has 1 saturated heterocycles. The Kier molecular flexibility index (Phi) is 6.41. The first-order valence-electron chi connectivity index (χ1n) is 11.2. The smallest absolute Gasteiger partial charge is 0.298 e. The predicted molar refractivity (Wildman–Crippen MR) is 131 cm³/mol. The van der Waals surface area contributed by atoms with Crippen LogP contribution in [-0.4, -0.2) is 42.3 Å². The van der Waals surface area contributed by atoms with Crippen molar-refractivity contribution in [1.82, 2.24) is 4.90 Å². The maximum atomic E-state index is 12.6. The SMILES string of the molecule is COc1cc(C2=NOC3(CCN(C(=O)C#Cc4ccc(C(C)(C)C)cc4)CC3)C2)ccc1Cl. The quantitative estimate of drug-likeness (QED) is 0.575. The summed E-state index contributed by atoms with van der Waals surface area (Å²) in [5, 5.41) is 4.91. The normalized spacial score (nSPS) is 17.1. The molecule has 0 saturated carbocycles. The van der Waals surface area contributed by atoms with Gasteiger partial charge < -0.3 is 14.5 Å². The van der Waals surface area contributed by atoms with Crippen LogP contribution in [0.25, 0.3) is 0 Å². The van der Waals surface area contributed by atoms with Gasteiger partial charge in [-0.15, -0.1) is 0 Å². The second-order valence-electron chi connectivity index (χ2n) is 9.71. The van der Waals surface area contributed by atoms with Crippen LogP contribution < -0.4 is 4.74 Å². The summed E-state index contributed by atoms with van der Waals surface area (Å²) in [6.45, 7) is 7.73. The van der Waals surface area contributed by atoms with E-state index in [1.807, 2.05) is 24.3 Å². The molecule has 0 atom stereocenters. The van der Waals surface area contributed by atoms with E-state index in [0.29, 0.717) is 30.3 Å².